The number of benzene rings is 3. The maximum Gasteiger partial charge on any atom is 0.308 e. The SMILES string of the molecule is FC(F)=C(F)/C(F)=C(F)/C(F)=C(\F)c1sc2cccc3c4c(/C(F)=C(F)/C(F)=C(\F)C(F)=C(F)F)sc5cccc(c1c23)c54. The van der Waals surface area contributed by atoms with Crippen molar-refractivity contribution in [2.75, 3.05) is 0 Å². The molecule has 0 aliphatic heterocycles. The van der Waals surface area contributed by atoms with Crippen LogP contribution in [-0.4, -0.2) is 0 Å². The Morgan fingerprint density at radius 2 is 0.682 bits per heavy atom. The van der Waals surface area contributed by atoms with Gasteiger partial charge in [-0.3, -0.25) is 0 Å². The highest BCUT2D eigenvalue weighted by Gasteiger charge is 2.30. The molecule has 2 heterocycles. The molecule has 0 fully saturated rings. The smallest absolute Gasteiger partial charge is 0.202 e. The predicted octanol–water partition coefficient (Wildman–Crippen LogP) is 13.5. The van der Waals surface area contributed by atoms with Crippen LogP contribution in [0.5, 0.6) is 0 Å². The number of rotatable bonds is 6. The van der Waals surface area contributed by atoms with Crippen molar-refractivity contribution in [1.82, 2.24) is 0 Å². The molecule has 0 saturated carbocycles. The Kier molecular flexibility index (Phi) is 8.09. The zero-order valence-corrected chi connectivity index (χ0v) is 22.2. The molecule has 0 atom stereocenters. The van der Waals surface area contributed by atoms with Crippen molar-refractivity contribution in [3.63, 3.8) is 0 Å². The Morgan fingerprint density at radius 1 is 0.364 bits per heavy atom. The monoisotopic (exact) mass is 672 g/mol. The van der Waals surface area contributed by atoms with E-state index < -0.39 is 80.2 Å². The summed E-state index contributed by atoms with van der Waals surface area (Å²) in [5.74, 6) is -27.5. The van der Waals surface area contributed by atoms with Gasteiger partial charge in [-0.1, -0.05) is 24.3 Å². The molecule has 0 saturated heterocycles. The molecule has 0 aliphatic carbocycles. The van der Waals surface area contributed by atoms with Gasteiger partial charge >= 0.3 is 12.2 Å². The Hall–Kier alpha value is -4.18. The average Bonchev–Trinajstić information content (AvgIpc) is 3.60. The van der Waals surface area contributed by atoms with Crippen molar-refractivity contribution < 1.29 is 61.5 Å². The Bertz CT molecular complexity index is 2040. The van der Waals surface area contributed by atoms with Gasteiger partial charge in [0.25, 0.3) is 0 Å². The van der Waals surface area contributed by atoms with E-state index in [1.165, 1.54) is 36.4 Å². The van der Waals surface area contributed by atoms with E-state index >= 15 is 8.78 Å². The second-order valence-electron chi connectivity index (χ2n) is 8.63. The summed E-state index contributed by atoms with van der Waals surface area (Å²) < 4.78 is 192. The first-order chi connectivity index (χ1) is 20.7. The van der Waals surface area contributed by atoms with Crippen LogP contribution in [0.2, 0.25) is 0 Å². The highest BCUT2D eigenvalue weighted by atomic mass is 32.1. The molecule has 0 radical (unpaired) electrons. The van der Waals surface area contributed by atoms with Crippen LogP contribution >= 0.6 is 22.7 Å². The summed E-state index contributed by atoms with van der Waals surface area (Å²) in [5.41, 5.74) is 0. The highest BCUT2D eigenvalue weighted by molar-refractivity contribution is 7.22. The maximum atomic E-state index is 15.4. The molecule has 16 heteroatoms. The standard InChI is InChI=1S/C28H6F14S2/c29-15(19(33)23(37)27(39)40)17(31)21(35)25-13-7-3-1-5-9-11(7)14(8-4-2-6-10(44-25)12(8)13)26(43-9)22(36)18(32)16(30)20(34)24(38)28(41)42/h1-6H/b19-15+,20-16+,21-17+,22-18+. The van der Waals surface area contributed by atoms with E-state index in [2.05, 4.69) is 0 Å². The van der Waals surface area contributed by atoms with Crippen molar-refractivity contribution in [3.05, 3.63) is 105 Å². The number of hydrogen-bond acceptors (Lipinski definition) is 2. The third kappa shape index (κ3) is 4.76. The summed E-state index contributed by atoms with van der Waals surface area (Å²) in [5, 5.41) is -0.516. The lowest BCUT2D eigenvalue weighted by molar-refractivity contribution is 0.364. The highest BCUT2D eigenvalue weighted by Crippen LogP contribution is 2.53. The van der Waals surface area contributed by atoms with Gasteiger partial charge in [0.05, 0.1) is 9.75 Å². The molecule has 44 heavy (non-hydrogen) atoms. The minimum Gasteiger partial charge on any atom is -0.202 e. The fraction of sp³-hybridized carbons (Fsp3) is 0. The molecular formula is C28H6F14S2. The lowest BCUT2D eigenvalue weighted by Gasteiger charge is -2.09. The first kappa shape index (κ1) is 31.3. The Balaban J connectivity index is 1.88. The molecule has 0 N–H and O–H groups in total. The average molecular weight is 672 g/mol. The van der Waals surface area contributed by atoms with Gasteiger partial charge in [-0.2, -0.15) is 26.3 Å². The summed E-state index contributed by atoms with van der Waals surface area (Å²) in [6.07, 6.45) is -6.68. The van der Waals surface area contributed by atoms with E-state index in [1.54, 1.807) is 0 Å². The van der Waals surface area contributed by atoms with Gasteiger partial charge in [-0.25, -0.2) is 35.1 Å². The molecule has 5 rings (SSSR count). The van der Waals surface area contributed by atoms with Crippen LogP contribution in [-0.2, 0) is 0 Å². The minimum atomic E-state index is -3.34. The topological polar surface area (TPSA) is 0 Å². The maximum absolute atomic E-state index is 15.4. The van der Waals surface area contributed by atoms with Gasteiger partial charge in [0.1, 0.15) is 0 Å². The van der Waals surface area contributed by atoms with E-state index in [4.69, 9.17) is 0 Å². The summed E-state index contributed by atoms with van der Waals surface area (Å²) in [6.45, 7) is 0. The Labute approximate surface area is 242 Å². The summed E-state index contributed by atoms with van der Waals surface area (Å²) in [7, 11) is 0. The van der Waals surface area contributed by atoms with Crippen molar-refractivity contribution in [2.45, 2.75) is 0 Å². The number of thiophene rings is 2. The quantitative estimate of drug-likeness (QED) is 0.0957. The van der Waals surface area contributed by atoms with E-state index in [0.29, 0.717) is 22.7 Å². The van der Waals surface area contributed by atoms with Gasteiger partial charge in [-0.05, 0) is 22.9 Å². The molecule has 2 aromatic heterocycles. The third-order valence-electron chi connectivity index (χ3n) is 6.24. The summed E-state index contributed by atoms with van der Waals surface area (Å²) in [4.78, 5) is -1.48. The zero-order valence-electron chi connectivity index (χ0n) is 20.6. The van der Waals surface area contributed by atoms with E-state index in [1.807, 2.05) is 0 Å². The van der Waals surface area contributed by atoms with Crippen LogP contribution in [0.15, 0.2) is 95.2 Å². The fourth-order valence-corrected chi connectivity index (χ4v) is 6.83. The van der Waals surface area contributed by atoms with Crippen molar-refractivity contribution in [2.24, 2.45) is 0 Å². The van der Waals surface area contributed by atoms with Crippen LogP contribution in [0, 0.1) is 0 Å². The van der Waals surface area contributed by atoms with Crippen LogP contribution < -0.4 is 0 Å². The first-order valence-electron chi connectivity index (χ1n) is 11.5. The van der Waals surface area contributed by atoms with Gasteiger partial charge in [-0.15, -0.1) is 22.7 Å². The minimum absolute atomic E-state index is 0.00952. The molecule has 0 aliphatic rings. The van der Waals surface area contributed by atoms with Crippen LogP contribution in [0.4, 0.5) is 61.5 Å². The van der Waals surface area contributed by atoms with E-state index in [0.717, 1.165) is 0 Å². The Morgan fingerprint density at radius 3 is 1.00 bits per heavy atom. The molecule has 0 nitrogen and oxygen atoms in total. The van der Waals surface area contributed by atoms with Gasteiger partial charge in [0, 0.05) is 30.9 Å². The van der Waals surface area contributed by atoms with Gasteiger partial charge in [0.15, 0.2) is 23.3 Å². The predicted molar refractivity (Wildman–Crippen MR) is 141 cm³/mol. The van der Waals surface area contributed by atoms with Crippen LogP contribution in [0.25, 0.3) is 53.4 Å². The number of fused-ring (bicyclic) bond motifs is 2. The van der Waals surface area contributed by atoms with Crippen molar-refractivity contribution in [1.29, 1.82) is 0 Å². The molecule has 0 spiro atoms. The molecule has 3 aromatic carbocycles. The molecule has 5 aromatic rings. The number of hydrogen-bond donors (Lipinski definition) is 0. The van der Waals surface area contributed by atoms with Gasteiger partial charge < -0.3 is 0 Å². The second-order valence-corrected chi connectivity index (χ2v) is 10.7. The molecule has 228 valence electrons. The molecule has 0 unspecified atom stereocenters. The third-order valence-corrected chi connectivity index (χ3v) is 8.54. The van der Waals surface area contributed by atoms with Crippen LogP contribution in [0.3, 0.4) is 0 Å². The lowest BCUT2D eigenvalue weighted by atomic mass is 9.94. The summed E-state index contributed by atoms with van der Waals surface area (Å²) >= 11 is 0.853. The van der Waals surface area contributed by atoms with Gasteiger partial charge in [0.2, 0.25) is 35.0 Å². The largest absolute Gasteiger partial charge is 0.308 e. The molecule has 0 bridgehead atoms. The second kappa shape index (κ2) is 11.4. The van der Waals surface area contributed by atoms with Crippen molar-refractivity contribution in [3.8, 4) is 0 Å². The lowest BCUT2D eigenvalue weighted by Crippen LogP contribution is -1.90. The molecule has 0 amide bonds. The number of halogens is 14. The molecular weight excluding hydrogens is 666 g/mol. The normalized spacial score (nSPS) is 14.7. The van der Waals surface area contributed by atoms with Crippen LogP contribution in [0.1, 0.15) is 9.75 Å². The van der Waals surface area contributed by atoms with Crippen molar-refractivity contribution >= 4 is 76.0 Å². The van der Waals surface area contributed by atoms with E-state index in [9.17, 15) is 52.7 Å². The first-order valence-corrected chi connectivity index (χ1v) is 13.1. The number of allylic oxidation sites excluding steroid dienone is 8. The zero-order chi connectivity index (χ0) is 32.4. The fourth-order valence-electron chi connectivity index (χ4n) is 4.48. The van der Waals surface area contributed by atoms with E-state index in [-0.39, 0.29) is 41.7 Å². The summed E-state index contributed by atoms with van der Waals surface area (Å²) in [6, 6.07) is 7.77.